The van der Waals surface area contributed by atoms with E-state index < -0.39 is 6.03 Å². The van der Waals surface area contributed by atoms with Gasteiger partial charge in [-0.25, -0.2) is 10.2 Å². The van der Waals surface area contributed by atoms with Gasteiger partial charge in [-0.15, -0.1) is 0 Å². The Hall–Kier alpha value is -1.06. The lowest BCUT2D eigenvalue weighted by molar-refractivity contribution is 0.249. The molecule has 0 rings (SSSR count). The van der Waals surface area contributed by atoms with E-state index in [1.807, 2.05) is 0 Å². The third-order valence-corrected chi connectivity index (χ3v) is 2.21. The van der Waals surface area contributed by atoms with E-state index >= 15 is 0 Å². The van der Waals surface area contributed by atoms with Gasteiger partial charge in [0, 0.05) is 5.71 Å². The number of carbonyl (C=O) groups is 1. The van der Waals surface area contributed by atoms with Gasteiger partial charge < -0.3 is 5.73 Å². The van der Waals surface area contributed by atoms with Crippen LogP contribution in [0.1, 0.15) is 58.8 Å². The van der Waals surface area contributed by atoms with Gasteiger partial charge in [0.1, 0.15) is 0 Å². The summed E-state index contributed by atoms with van der Waals surface area (Å²) < 4.78 is 0. The summed E-state index contributed by atoms with van der Waals surface area (Å²) in [6, 6.07) is -0.584. The van der Waals surface area contributed by atoms with Crippen molar-refractivity contribution in [1.29, 1.82) is 0 Å². The largest absolute Gasteiger partial charge is 0.350 e. The molecule has 15 heavy (non-hydrogen) atoms. The first-order valence-corrected chi connectivity index (χ1v) is 5.81. The summed E-state index contributed by atoms with van der Waals surface area (Å²) in [5.41, 5.74) is 8.33. The molecule has 0 heterocycles. The molecule has 0 aromatic heterocycles. The number of nitrogens with one attached hydrogen (secondary N) is 1. The molecule has 2 amide bonds. The summed E-state index contributed by atoms with van der Waals surface area (Å²) in [6.45, 7) is 4.32. The predicted octanol–water partition coefficient (Wildman–Crippen LogP) is 2.78. The standard InChI is InChI=1S/C11H23N3O/c1-3-5-7-9-10(8-6-4-2)13-14-11(12)15/h3-9H2,1-2H3,(H3,12,14,15). The first-order chi connectivity index (χ1) is 7.20. The molecule has 4 nitrogen and oxygen atoms in total. The van der Waals surface area contributed by atoms with Crippen LogP contribution in [0.2, 0.25) is 0 Å². The maximum absolute atomic E-state index is 10.5. The van der Waals surface area contributed by atoms with Gasteiger partial charge >= 0.3 is 6.03 Å². The quantitative estimate of drug-likeness (QED) is 0.363. The minimum absolute atomic E-state index is 0.584. The average Bonchev–Trinajstić information content (AvgIpc) is 2.21. The maximum Gasteiger partial charge on any atom is 0.332 e. The highest BCUT2D eigenvalue weighted by molar-refractivity contribution is 5.85. The van der Waals surface area contributed by atoms with E-state index in [2.05, 4.69) is 24.4 Å². The fourth-order valence-electron chi connectivity index (χ4n) is 1.33. The summed E-state index contributed by atoms with van der Waals surface area (Å²) in [5.74, 6) is 0. The van der Waals surface area contributed by atoms with Crippen molar-refractivity contribution in [3.8, 4) is 0 Å². The lowest BCUT2D eigenvalue weighted by Crippen LogP contribution is -2.25. The van der Waals surface area contributed by atoms with Crippen molar-refractivity contribution in [2.75, 3.05) is 0 Å². The molecule has 0 aromatic rings. The molecule has 0 aromatic carbocycles. The number of rotatable bonds is 8. The lowest BCUT2D eigenvalue weighted by Gasteiger charge is -2.05. The second kappa shape index (κ2) is 9.49. The number of nitrogens with zero attached hydrogens (tertiary/aromatic N) is 1. The zero-order valence-corrected chi connectivity index (χ0v) is 9.88. The number of hydrogen-bond acceptors (Lipinski definition) is 2. The van der Waals surface area contributed by atoms with Crippen LogP contribution in [0.4, 0.5) is 4.79 Å². The van der Waals surface area contributed by atoms with Crippen molar-refractivity contribution in [3.63, 3.8) is 0 Å². The molecule has 3 N–H and O–H groups in total. The van der Waals surface area contributed by atoms with Crippen LogP contribution in [0, 0.1) is 0 Å². The number of primary amides is 1. The van der Waals surface area contributed by atoms with Gasteiger partial charge in [-0.1, -0.05) is 33.1 Å². The second-order valence-electron chi connectivity index (χ2n) is 3.71. The molecule has 0 radical (unpaired) electrons. The van der Waals surface area contributed by atoms with Crippen molar-refractivity contribution in [1.82, 2.24) is 5.43 Å². The van der Waals surface area contributed by atoms with Gasteiger partial charge in [0.15, 0.2) is 0 Å². The number of unbranched alkanes of at least 4 members (excludes halogenated alkanes) is 3. The number of amides is 2. The summed E-state index contributed by atoms with van der Waals surface area (Å²) in [7, 11) is 0. The molecule has 4 heteroatoms. The summed E-state index contributed by atoms with van der Waals surface area (Å²) in [4.78, 5) is 10.5. The van der Waals surface area contributed by atoms with Crippen LogP contribution >= 0.6 is 0 Å². The monoisotopic (exact) mass is 213 g/mol. The third-order valence-electron chi connectivity index (χ3n) is 2.21. The number of urea groups is 1. The molecular weight excluding hydrogens is 190 g/mol. The number of hydrogen-bond donors (Lipinski definition) is 2. The Morgan fingerprint density at radius 2 is 1.73 bits per heavy atom. The van der Waals surface area contributed by atoms with Gasteiger partial charge in [-0.3, -0.25) is 0 Å². The van der Waals surface area contributed by atoms with E-state index in [9.17, 15) is 4.79 Å². The van der Waals surface area contributed by atoms with Crippen molar-refractivity contribution in [2.24, 2.45) is 10.8 Å². The highest BCUT2D eigenvalue weighted by Gasteiger charge is 2.00. The Morgan fingerprint density at radius 1 is 1.13 bits per heavy atom. The number of hydrazone groups is 1. The first-order valence-electron chi connectivity index (χ1n) is 5.81. The molecule has 0 fully saturated rings. The fourth-order valence-corrected chi connectivity index (χ4v) is 1.33. The SMILES string of the molecule is CCCCCC(CCCC)=NNC(N)=O. The molecule has 0 aliphatic carbocycles. The summed E-state index contributed by atoms with van der Waals surface area (Å²) in [5, 5.41) is 4.02. The van der Waals surface area contributed by atoms with Crippen LogP contribution < -0.4 is 11.2 Å². The molecule has 0 bridgehead atoms. The molecule has 0 aliphatic heterocycles. The molecule has 88 valence electrons. The van der Waals surface area contributed by atoms with E-state index in [1.165, 1.54) is 12.8 Å². The maximum atomic E-state index is 10.5. The Balaban J connectivity index is 3.93. The van der Waals surface area contributed by atoms with E-state index in [-0.39, 0.29) is 0 Å². The summed E-state index contributed by atoms with van der Waals surface area (Å²) >= 11 is 0. The Bertz CT molecular complexity index is 202. The van der Waals surface area contributed by atoms with Crippen LogP contribution in [-0.4, -0.2) is 11.7 Å². The summed E-state index contributed by atoms with van der Waals surface area (Å²) in [6.07, 6.45) is 7.73. The van der Waals surface area contributed by atoms with Crippen molar-refractivity contribution in [3.05, 3.63) is 0 Å². The first kappa shape index (κ1) is 13.9. The van der Waals surface area contributed by atoms with Gasteiger partial charge in [0.25, 0.3) is 0 Å². The third kappa shape index (κ3) is 9.25. The normalized spacial score (nSPS) is 11.5. The van der Waals surface area contributed by atoms with Gasteiger partial charge in [-0.05, 0) is 25.7 Å². The van der Waals surface area contributed by atoms with Crippen LogP contribution in [0.25, 0.3) is 0 Å². The molecule has 0 spiro atoms. The van der Waals surface area contributed by atoms with E-state index in [0.29, 0.717) is 0 Å². The van der Waals surface area contributed by atoms with E-state index in [1.54, 1.807) is 0 Å². The van der Waals surface area contributed by atoms with Crippen molar-refractivity contribution < 1.29 is 4.79 Å². The zero-order valence-electron chi connectivity index (χ0n) is 9.88. The topological polar surface area (TPSA) is 67.5 Å². The smallest absolute Gasteiger partial charge is 0.332 e. The fraction of sp³-hybridized carbons (Fsp3) is 0.818. The van der Waals surface area contributed by atoms with Gasteiger partial charge in [-0.2, -0.15) is 5.10 Å². The van der Waals surface area contributed by atoms with Gasteiger partial charge in [0.05, 0.1) is 0 Å². The highest BCUT2D eigenvalue weighted by Crippen LogP contribution is 2.06. The molecule has 0 saturated carbocycles. The predicted molar refractivity (Wildman–Crippen MR) is 63.8 cm³/mol. The number of nitrogens with two attached hydrogens (primary N) is 1. The zero-order chi connectivity index (χ0) is 11.5. The van der Waals surface area contributed by atoms with Crippen LogP contribution in [0.5, 0.6) is 0 Å². The van der Waals surface area contributed by atoms with Gasteiger partial charge in [0.2, 0.25) is 0 Å². The number of carbonyl (C=O) groups excluding carboxylic acids is 1. The molecular formula is C11H23N3O. The van der Waals surface area contributed by atoms with Crippen LogP contribution in [0.3, 0.4) is 0 Å². The molecule has 0 saturated heterocycles. The minimum atomic E-state index is -0.584. The molecule has 0 atom stereocenters. The second-order valence-corrected chi connectivity index (χ2v) is 3.71. The van der Waals surface area contributed by atoms with Crippen molar-refractivity contribution >= 4 is 11.7 Å². The van der Waals surface area contributed by atoms with Crippen molar-refractivity contribution in [2.45, 2.75) is 58.8 Å². The average molecular weight is 213 g/mol. The minimum Gasteiger partial charge on any atom is -0.350 e. The Labute approximate surface area is 92.3 Å². The Kier molecular flexibility index (Phi) is 8.82. The molecule has 0 aliphatic rings. The van der Waals surface area contributed by atoms with Crippen LogP contribution in [-0.2, 0) is 0 Å². The molecule has 0 unspecified atom stereocenters. The highest BCUT2D eigenvalue weighted by atomic mass is 16.2. The van der Waals surface area contributed by atoms with E-state index in [4.69, 9.17) is 5.73 Å². The van der Waals surface area contributed by atoms with Crippen LogP contribution in [0.15, 0.2) is 5.10 Å². The van der Waals surface area contributed by atoms with E-state index in [0.717, 1.165) is 37.8 Å². The lowest BCUT2D eigenvalue weighted by atomic mass is 10.1. The Morgan fingerprint density at radius 3 is 2.27 bits per heavy atom.